The Kier molecular flexibility index (Phi) is 5.97. The van der Waals surface area contributed by atoms with Gasteiger partial charge in [-0.3, -0.25) is 4.79 Å². The van der Waals surface area contributed by atoms with Gasteiger partial charge in [0.2, 0.25) is 0 Å². The first-order chi connectivity index (χ1) is 11.8. The maximum atomic E-state index is 12.9. The lowest BCUT2D eigenvalue weighted by atomic mass is 10.4. The predicted molar refractivity (Wildman–Crippen MR) is 92.3 cm³/mol. The Morgan fingerprint density at radius 2 is 1.24 bits per heavy atom. The highest BCUT2D eigenvalue weighted by Crippen LogP contribution is 2.28. The summed E-state index contributed by atoms with van der Waals surface area (Å²) in [6, 6.07) is 14.4. The van der Waals surface area contributed by atoms with Gasteiger partial charge >= 0.3 is 5.97 Å². The Labute approximate surface area is 147 Å². The van der Waals surface area contributed by atoms with Crippen molar-refractivity contribution >= 4 is 25.6 Å². The van der Waals surface area contributed by atoms with Gasteiger partial charge in [0, 0.05) is 0 Å². The molecule has 0 atom stereocenters. The standard InChI is InChI=1S/C17H18O6S2/c1-2-23-16(18)13-17(24(19,20)14-9-5-3-6-10-14)25(21,22)15-11-7-4-8-12-15/h3-12,17H,2,13H2,1H3. The third kappa shape index (κ3) is 4.26. The molecule has 0 bridgehead atoms. The smallest absolute Gasteiger partial charge is 0.308 e. The van der Waals surface area contributed by atoms with Gasteiger partial charge in [0.15, 0.2) is 24.3 Å². The summed E-state index contributed by atoms with van der Waals surface area (Å²) >= 11 is 0. The van der Waals surface area contributed by atoms with E-state index >= 15 is 0 Å². The fourth-order valence-corrected chi connectivity index (χ4v) is 6.66. The van der Waals surface area contributed by atoms with Crippen LogP contribution in [0.1, 0.15) is 13.3 Å². The van der Waals surface area contributed by atoms with E-state index in [2.05, 4.69) is 0 Å². The molecule has 2 rings (SSSR count). The van der Waals surface area contributed by atoms with E-state index in [4.69, 9.17) is 4.74 Å². The second kappa shape index (κ2) is 7.79. The third-order valence-corrected chi connectivity index (χ3v) is 8.57. The van der Waals surface area contributed by atoms with Crippen molar-refractivity contribution in [2.45, 2.75) is 27.7 Å². The molecular weight excluding hydrogens is 364 g/mol. The summed E-state index contributed by atoms with van der Waals surface area (Å²) in [5.74, 6) is -0.883. The number of rotatable bonds is 7. The van der Waals surface area contributed by atoms with Crippen molar-refractivity contribution < 1.29 is 26.4 Å². The number of carbonyl (C=O) groups excluding carboxylic acids is 1. The van der Waals surface area contributed by atoms with Gasteiger partial charge < -0.3 is 4.74 Å². The maximum absolute atomic E-state index is 12.9. The van der Waals surface area contributed by atoms with Crippen LogP contribution in [0.15, 0.2) is 70.5 Å². The van der Waals surface area contributed by atoms with Gasteiger partial charge in [-0.25, -0.2) is 16.8 Å². The van der Waals surface area contributed by atoms with Gasteiger partial charge in [0.1, 0.15) is 0 Å². The molecule has 0 heterocycles. The van der Waals surface area contributed by atoms with E-state index in [1.165, 1.54) is 48.5 Å². The molecule has 0 fully saturated rings. The Bertz CT molecular complexity index is 850. The lowest BCUT2D eigenvalue weighted by Gasteiger charge is -2.18. The monoisotopic (exact) mass is 382 g/mol. The number of hydrogen-bond acceptors (Lipinski definition) is 6. The van der Waals surface area contributed by atoms with Crippen molar-refractivity contribution in [2.75, 3.05) is 6.61 Å². The first-order valence-corrected chi connectivity index (χ1v) is 10.6. The minimum Gasteiger partial charge on any atom is -0.466 e. The van der Waals surface area contributed by atoms with Crippen LogP contribution in [0.25, 0.3) is 0 Å². The summed E-state index contributed by atoms with van der Waals surface area (Å²) in [7, 11) is -8.62. The predicted octanol–water partition coefficient (Wildman–Crippen LogP) is 2.21. The molecule has 0 aromatic heterocycles. The van der Waals surface area contributed by atoms with Crippen molar-refractivity contribution in [1.29, 1.82) is 0 Å². The topological polar surface area (TPSA) is 94.6 Å². The zero-order chi connectivity index (χ0) is 18.5. The average molecular weight is 382 g/mol. The number of esters is 1. The van der Waals surface area contributed by atoms with Gasteiger partial charge in [0.05, 0.1) is 22.8 Å². The van der Waals surface area contributed by atoms with Gasteiger partial charge in [-0.05, 0) is 31.2 Å². The van der Waals surface area contributed by atoms with Crippen LogP contribution >= 0.6 is 0 Å². The lowest BCUT2D eigenvalue weighted by Crippen LogP contribution is -2.33. The normalized spacial score (nSPS) is 12.1. The van der Waals surface area contributed by atoms with E-state index in [0.29, 0.717) is 0 Å². The van der Waals surface area contributed by atoms with E-state index in [1.54, 1.807) is 19.1 Å². The lowest BCUT2D eigenvalue weighted by molar-refractivity contribution is -0.142. The Morgan fingerprint density at radius 3 is 1.60 bits per heavy atom. The molecular formula is C17H18O6S2. The highest BCUT2D eigenvalue weighted by atomic mass is 32.3. The zero-order valence-electron chi connectivity index (χ0n) is 13.5. The van der Waals surface area contributed by atoms with Crippen LogP contribution in [0.4, 0.5) is 0 Å². The molecule has 8 heteroatoms. The van der Waals surface area contributed by atoms with Crippen LogP contribution in [-0.4, -0.2) is 34.0 Å². The fraction of sp³-hybridized carbons (Fsp3) is 0.235. The second-order valence-corrected chi connectivity index (χ2v) is 9.71. The Hall–Kier alpha value is -2.19. The molecule has 0 unspecified atom stereocenters. The minimum atomic E-state index is -4.31. The molecule has 0 radical (unpaired) electrons. The highest BCUT2D eigenvalue weighted by Gasteiger charge is 2.41. The molecule has 134 valence electrons. The largest absolute Gasteiger partial charge is 0.466 e. The summed E-state index contributed by atoms with van der Waals surface area (Å²) in [4.78, 5) is 11.5. The van der Waals surface area contributed by atoms with Gasteiger partial charge in [-0.2, -0.15) is 0 Å². The van der Waals surface area contributed by atoms with Gasteiger partial charge in [-0.1, -0.05) is 36.4 Å². The summed E-state index contributed by atoms with van der Waals surface area (Å²) in [5, 5.41) is 0. The van der Waals surface area contributed by atoms with Gasteiger partial charge in [0.25, 0.3) is 0 Å². The molecule has 0 aliphatic carbocycles. The average Bonchev–Trinajstić information content (AvgIpc) is 2.61. The molecule has 6 nitrogen and oxygen atoms in total. The van der Waals surface area contributed by atoms with Crippen molar-refractivity contribution in [1.82, 2.24) is 0 Å². The summed E-state index contributed by atoms with van der Waals surface area (Å²) in [6.45, 7) is 1.59. The van der Waals surface area contributed by atoms with Crippen molar-refractivity contribution in [2.24, 2.45) is 0 Å². The number of ether oxygens (including phenoxy) is 1. The number of benzene rings is 2. The zero-order valence-corrected chi connectivity index (χ0v) is 15.2. The van der Waals surface area contributed by atoms with Crippen LogP contribution in [-0.2, 0) is 29.2 Å². The van der Waals surface area contributed by atoms with Crippen molar-refractivity contribution in [3.8, 4) is 0 Å². The van der Waals surface area contributed by atoms with Crippen LogP contribution < -0.4 is 0 Å². The van der Waals surface area contributed by atoms with Crippen LogP contribution in [0.3, 0.4) is 0 Å². The quantitative estimate of drug-likeness (QED) is 0.682. The van der Waals surface area contributed by atoms with E-state index < -0.39 is 36.6 Å². The number of sulfone groups is 2. The second-order valence-electron chi connectivity index (χ2n) is 5.15. The highest BCUT2D eigenvalue weighted by molar-refractivity contribution is 8.09. The van der Waals surface area contributed by atoms with Crippen molar-refractivity contribution in [3.05, 3.63) is 60.7 Å². The molecule has 2 aromatic rings. The van der Waals surface area contributed by atoms with Crippen LogP contribution in [0.5, 0.6) is 0 Å². The molecule has 0 N–H and O–H groups in total. The molecule has 2 aromatic carbocycles. The molecule has 0 spiro atoms. The Morgan fingerprint density at radius 1 is 0.840 bits per heavy atom. The Balaban J connectivity index is 2.56. The minimum absolute atomic E-state index is 0.0301. The number of carbonyl (C=O) groups is 1. The molecule has 0 amide bonds. The first kappa shape index (κ1) is 19.1. The summed E-state index contributed by atoms with van der Waals surface area (Å²) in [5.41, 5.74) is 0. The van der Waals surface area contributed by atoms with Crippen molar-refractivity contribution in [3.63, 3.8) is 0 Å². The van der Waals surface area contributed by atoms with E-state index in [-0.39, 0.29) is 16.4 Å². The third-order valence-electron chi connectivity index (χ3n) is 3.47. The summed E-state index contributed by atoms with van der Waals surface area (Å²) < 4.78 is 54.4. The first-order valence-electron chi connectivity index (χ1n) is 7.53. The summed E-state index contributed by atoms with van der Waals surface area (Å²) in [6.07, 6.45) is -0.776. The molecule has 0 saturated heterocycles. The SMILES string of the molecule is CCOC(=O)CC(S(=O)(=O)c1ccccc1)S(=O)(=O)c1ccccc1. The van der Waals surface area contributed by atoms with E-state index in [0.717, 1.165) is 0 Å². The van der Waals surface area contributed by atoms with Gasteiger partial charge in [-0.15, -0.1) is 0 Å². The number of hydrogen-bond donors (Lipinski definition) is 0. The maximum Gasteiger partial charge on any atom is 0.308 e. The molecule has 0 aliphatic rings. The van der Waals surface area contributed by atoms with E-state index in [1.807, 2.05) is 0 Å². The molecule has 0 aliphatic heterocycles. The fourth-order valence-electron chi connectivity index (χ4n) is 2.27. The van der Waals surface area contributed by atoms with E-state index in [9.17, 15) is 21.6 Å². The molecule has 0 saturated carbocycles. The van der Waals surface area contributed by atoms with Crippen LogP contribution in [0, 0.1) is 0 Å². The van der Waals surface area contributed by atoms with Crippen LogP contribution in [0.2, 0.25) is 0 Å². The molecule has 25 heavy (non-hydrogen) atoms.